The largest absolute Gasteiger partial charge is 0.322 e. The van der Waals surface area contributed by atoms with Gasteiger partial charge in [0.15, 0.2) is 0 Å². The Morgan fingerprint density at radius 3 is 2.63 bits per heavy atom. The fraction of sp³-hybridized carbons (Fsp3) is 0.261. The standard InChI is InChI=1S/C23H21BrN2O/c1-14-12-22(10-9-16-5-3-4-6-19(14)16)13-17-7-8-18(24)11-20(17)23(22)15(2)25-21(27)26-23/h3-8,11H,1-2,9-10,12-13H2,(H2,25,26,27). The second kappa shape index (κ2) is 5.59. The molecule has 2 atom stereocenters. The van der Waals surface area contributed by atoms with Crippen molar-refractivity contribution < 1.29 is 4.79 Å². The second-order valence-corrected chi connectivity index (χ2v) is 8.92. The lowest BCUT2D eigenvalue weighted by Gasteiger charge is -2.44. The Kier molecular flexibility index (Phi) is 3.48. The van der Waals surface area contributed by atoms with Crippen molar-refractivity contribution in [1.29, 1.82) is 0 Å². The summed E-state index contributed by atoms with van der Waals surface area (Å²) < 4.78 is 1.02. The van der Waals surface area contributed by atoms with Crippen molar-refractivity contribution >= 4 is 27.5 Å². The van der Waals surface area contributed by atoms with Crippen LogP contribution in [0.1, 0.15) is 35.1 Å². The number of benzene rings is 2. The molecule has 2 spiro atoms. The molecule has 0 radical (unpaired) electrons. The molecule has 4 heteroatoms. The molecule has 3 aliphatic rings. The third-order valence-corrected chi connectivity index (χ3v) is 7.13. The molecule has 136 valence electrons. The molecular formula is C23H21BrN2O. The lowest BCUT2D eigenvalue weighted by Crippen LogP contribution is -2.51. The van der Waals surface area contributed by atoms with Gasteiger partial charge in [0.25, 0.3) is 0 Å². The maximum atomic E-state index is 12.4. The maximum absolute atomic E-state index is 12.4. The molecule has 1 aliphatic heterocycles. The summed E-state index contributed by atoms with van der Waals surface area (Å²) in [5.41, 5.74) is 6.14. The number of amides is 2. The molecule has 1 saturated heterocycles. The number of urea groups is 1. The molecule has 2 aromatic carbocycles. The van der Waals surface area contributed by atoms with Crippen LogP contribution in [0, 0.1) is 5.41 Å². The van der Waals surface area contributed by atoms with Crippen molar-refractivity contribution in [3.63, 3.8) is 0 Å². The van der Waals surface area contributed by atoms with E-state index in [1.165, 1.54) is 16.7 Å². The summed E-state index contributed by atoms with van der Waals surface area (Å²) in [6.45, 7) is 8.72. The minimum absolute atomic E-state index is 0.167. The zero-order chi connectivity index (χ0) is 18.8. The van der Waals surface area contributed by atoms with E-state index >= 15 is 0 Å². The van der Waals surface area contributed by atoms with Crippen LogP contribution in [-0.4, -0.2) is 6.03 Å². The van der Waals surface area contributed by atoms with E-state index in [0.717, 1.165) is 47.0 Å². The van der Waals surface area contributed by atoms with Crippen molar-refractivity contribution in [2.75, 3.05) is 0 Å². The van der Waals surface area contributed by atoms with Gasteiger partial charge in [-0.1, -0.05) is 59.4 Å². The third-order valence-electron chi connectivity index (χ3n) is 6.64. The highest BCUT2D eigenvalue weighted by atomic mass is 79.9. The van der Waals surface area contributed by atoms with Gasteiger partial charge in [0.2, 0.25) is 0 Å². The average molecular weight is 421 g/mol. The van der Waals surface area contributed by atoms with Crippen LogP contribution in [0.5, 0.6) is 0 Å². The van der Waals surface area contributed by atoms with Crippen molar-refractivity contribution in [2.45, 2.75) is 31.2 Å². The molecular weight excluding hydrogens is 400 g/mol. The Morgan fingerprint density at radius 1 is 1.04 bits per heavy atom. The Hall–Kier alpha value is -2.33. The van der Waals surface area contributed by atoms with Gasteiger partial charge in [-0.3, -0.25) is 0 Å². The quantitative estimate of drug-likeness (QED) is 0.613. The Bertz CT molecular complexity index is 1030. The smallest absolute Gasteiger partial charge is 0.320 e. The van der Waals surface area contributed by atoms with E-state index in [-0.39, 0.29) is 11.4 Å². The van der Waals surface area contributed by atoms with Gasteiger partial charge >= 0.3 is 6.03 Å². The second-order valence-electron chi connectivity index (χ2n) is 8.00. The molecule has 3 nitrogen and oxygen atoms in total. The third kappa shape index (κ3) is 2.16. The first-order valence-corrected chi connectivity index (χ1v) is 10.1. The van der Waals surface area contributed by atoms with Crippen LogP contribution in [0.2, 0.25) is 0 Å². The van der Waals surface area contributed by atoms with E-state index in [9.17, 15) is 4.79 Å². The molecule has 2 unspecified atom stereocenters. The average Bonchev–Trinajstić information content (AvgIpc) is 3.03. The maximum Gasteiger partial charge on any atom is 0.320 e. The minimum atomic E-state index is -0.603. The molecule has 1 fully saturated rings. The summed E-state index contributed by atoms with van der Waals surface area (Å²) in [5.74, 6) is 0. The Labute approximate surface area is 167 Å². The number of allylic oxidation sites excluding steroid dienone is 1. The molecule has 1 heterocycles. The molecule has 5 rings (SSSR count). The number of aryl methyl sites for hydroxylation is 1. The predicted octanol–water partition coefficient (Wildman–Crippen LogP) is 5.06. The summed E-state index contributed by atoms with van der Waals surface area (Å²) in [4.78, 5) is 12.4. The van der Waals surface area contributed by atoms with E-state index in [4.69, 9.17) is 0 Å². The monoisotopic (exact) mass is 420 g/mol. The SMILES string of the molecule is C=C1CC2(CCc3ccccc31)Cc1ccc(Br)cc1C21NC(=O)NC1=C. The van der Waals surface area contributed by atoms with Gasteiger partial charge in [0.05, 0.1) is 0 Å². The highest BCUT2D eigenvalue weighted by Gasteiger charge is 2.62. The minimum Gasteiger partial charge on any atom is -0.322 e. The first-order chi connectivity index (χ1) is 12.9. The summed E-state index contributed by atoms with van der Waals surface area (Å²) in [6, 6.07) is 14.8. The van der Waals surface area contributed by atoms with Gasteiger partial charge in [0.1, 0.15) is 5.54 Å². The van der Waals surface area contributed by atoms with Crippen LogP contribution >= 0.6 is 15.9 Å². The van der Waals surface area contributed by atoms with E-state index < -0.39 is 5.54 Å². The number of hydrogen-bond donors (Lipinski definition) is 2. The number of nitrogens with one attached hydrogen (secondary N) is 2. The number of carbonyl (C=O) groups is 1. The molecule has 0 aromatic heterocycles. The number of rotatable bonds is 0. The molecule has 2 amide bonds. The number of fused-ring (bicyclic) bond motifs is 4. The summed E-state index contributed by atoms with van der Waals surface area (Å²) in [5, 5.41) is 6.23. The summed E-state index contributed by atoms with van der Waals surface area (Å²) in [6.07, 6.45) is 3.67. The van der Waals surface area contributed by atoms with E-state index in [2.05, 4.69) is 82.2 Å². The zero-order valence-corrected chi connectivity index (χ0v) is 16.7. The predicted molar refractivity (Wildman–Crippen MR) is 111 cm³/mol. The first kappa shape index (κ1) is 16.8. The van der Waals surface area contributed by atoms with Gasteiger partial charge in [-0.2, -0.15) is 0 Å². The highest BCUT2D eigenvalue weighted by Crippen LogP contribution is 2.61. The fourth-order valence-corrected chi connectivity index (χ4v) is 5.91. The van der Waals surface area contributed by atoms with Crippen molar-refractivity contribution in [1.82, 2.24) is 10.6 Å². The van der Waals surface area contributed by atoms with Crippen molar-refractivity contribution in [3.8, 4) is 0 Å². The van der Waals surface area contributed by atoms with Gasteiger partial charge in [-0.25, -0.2) is 4.79 Å². The lowest BCUT2D eigenvalue weighted by molar-refractivity contribution is 0.145. The fourth-order valence-electron chi connectivity index (χ4n) is 5.55. The molecule has 27 heavy (non-hydrogen) atoms. The van der Waals surface area contributed by atoms with Crippen LogP contribution < -0.4 is 10.6 Å². The topological polar surface area (TPSA) is 41.1 Å². The molecule has 2 aliphatic carbocycles. The van der Waals surface area contributed by atoms with Crippen LogP contribution in [0.4, 0.5) is 4.79 Å². The van der Waals surface area contributed by atoms with Crippen LogP contribution in [0.15, 0.2) is 65.8 Å². The Morgan fingerprint density at radius 2 is 1.85 bits per heavy atom. The number of hydrogen-bond acceptors (Lipinski definition) is 1. The molecule has 0 bridgehead atoms. The van der Waals surface area contributed by atoms with Crippen LogP contribution in [0.25, 0.3) is 5.57 Å². The van der Waals surface area contributed by atoms with Crippen LogP contribution in [-0.2, 0) is 18.4 Å². The zero-order valence-electron chi connectivity index (χ0n) is 15.1. The van der Waals surface area contributed by atoms with Crippen LogP contribution in [0.3, 0.4) is 0 Å². The van der Waals surface area contributed by atoms with E-state index in [1.807, 2.05) is 0 Å². The van der Waals surface area contributed by atoms with Gasteiger partial charge in [-0.05, 0) is 65.6 Å². The lowest BCUT2D eigenvalue weighted by atomic mass is 9.63. The number of halogens is 1. The normalized spacial score (nSPS) is 28.7. The number of carbonyl (C=O) groups excluding carboxylic acids is 1. The molecule has 0 saturated carbocycles. The summed E-state index contributed by atoms with van der Waals surface area (Å²) in [7, 11) is 0. The first-order valence-electron chi connectivity index (χ1n) is 9.29. The molecule has 2 N–H and O–H groups in total. The van der Waals surface area contributed by atoms with Crippen molar-refractivity contribution in [2.24, 2.45) is 5.41 Å². The summed E-state index contributed by atoms with van der Waals surface area (Å²) >= 11 is 3.61. The highest BCUT2D eigenvalue weighted by molar-refractivity contribution is 9.10. The van der Waals surface area contributed by atoms with Crippen molar-refractivity contribution in [3.05, 3.63) is 88.0 Å². The van der Waals surface area contributed by atoms with Gasteiger partial charge < -0.3 is 10.6 Å². The van der Waals surface area contributed by atoms with Gasteiger partial charge in [-0.15, -0.1) is 0 Å². The Balaban J connectivity index is 1.72. The molecule has 2 aromatic rings. The van der Waals surface area contributed by atoms with Gasteiger partial charge in [0, 0.05) is 15.6 Å². The van der Waals surface area contributed by atoms with E-state index in [1.54, 1.807) is 0 Å². The van der Waals surface area contributed by atoms with E-state index in [0.29, 0.717) is 0 Å².